The third kappa shape index (κ3) is 2.83. The average Bonchev–Trinajstić information content (AvgIpc) is 3.04. The van der Waals surface area contributed by atoms with Gasteiger partial charge in [0.1, 0.15) is 12.1 Å². The molecule has 0 radical (unpaired) electrons. The molecule has 2 aromatic heterocycles. The molecule has 0 aliphatic carbocycles. The molecular weight excluding hydrogens is 324 g/mol. The van der Waals surface area contributed by atoms with E-state index in [0.717, 1.165) is 54.0 Å². The molecule has 1 aliphatic rings. The monoisotopic (exact) mass is 342 g/mol. The van der Waals surface area contributed by atoms with Gasteiger partial charge in [-0.3, -0.25) is 0 Å². The molecule has 0 spiro atoms. The Balaban J connectivity index is 1.71. The second kappa shape index (κ2) is 6.37. The zero-order chi connectivity index (χ0) is 16.5. The van der Waals surface area contributed by atoms with Crippen molar-refractivity contribution in [2.24, 2.45) is 0 Å². The van der Waals surface area contributed by atoms with Crippen LogP contribution in [0.15, 0.2) is 30.7 Å². The summed E-state index contributed by atoms with van der Waals surface area (Å²) in [4.78, 5) is 8.84. The van der Waals surface area contributed by atoms with Crippen LogP contribution < -0.4 is 10.6 Å². The fraction of sp³-hybridized carbons (Fsp3) is 0.353. The number of nitrogens with one attached hydrogen (secondary N) is 2. The smallest absolute Gasteiger partial charge is 0.163 e. The van der Waals surface area contributed by atoms with Gasteiger partial charge in [0.15, 0.2) is 5.65 Å². The van der Waals surface area contributed by atoms with E-state index in [1.165, 1.54) is 0 Å². The van der Waals surface area contributed by atoms with Crippen LogP contribution in [0.25, 0.3) is 11.0 Å². The van der Waals surface area contributed by atoms with Gasteiger partial charge in [0, 0.05) is 0 Å². The molecule has 1 saturated heterocycles. The first-order valence-electron chi connectivity index (χ1n) is 8.14. The van der Waals surface area contributed by atoms with Crippen molar-refractivity contribution in [1.82, 2.24) is 25.1 Å². The Bertz CT molecular complexity index is 869. The molecular formula is C17H19ClN6. The molecule has 124 valence electrons. The number of aryl methyl sites for hydroxylation is 1. The van der Waals surface area contributed by atoms with E-state index in [9.17, 15) is 0 Å². The van der Waals surface area contributed by atoms with Crippen molar-refractivity contribution >= 4 is 34.1 Å². The molecule has 0 unspecified atom stereocenters. The van der Waals surface area contributed by atoms with Crippen LogP contribution in [0.2, 0.25) is 5.02 Å². The number of piperidine rings is 1. The van der Waals surface area contributed by atoms with E-state index in [2.05, 4.69) is 25.7 Å². The summed E-state index contributed by atoms with van der Waals surface area (Å²) in [5.41, 5.74) is 2.84. The molecule has 1 aromatic carbocycles. The first kappa shape index (κ1) is 15.4. The standard InChI is InChI=1S/C17H19ClN6/c1-11-2-3-14(18)15(8-11)23-16-13-9-22-24(17(13)21-10-20-16)12-4-6-19-7-5-12/h2-3,8-10,12,19H,4-7H2,1H3,(H,20,21,23). The van der Waals surface area contributed by atoms with Gasteiger partial charge in [-0.05, 0) is 50.6 Å². The predicted octanol–water partition coefficient (Wildman–Crippen LogP) is 3.46. The Labute approximate surface area is 145 Å². The van der Waals surface area contributed by atoms with Gasteiger partial charge in [0.25, 0.3) is 0 Å². The quantitative estimate of drug-likeness (QED) is 0.763. The maximum Gasteiger partial charge on any atom is 0.163 e. The third-order valence-corrected chi connectivity index (χ3v) is 4.75. The highest BCUT2D eigenvalue weighted by Gasteiger charge is 2.20. The summed E-state index contributed by atoms with van der Waals surface area (Å²) < 4.78 is 2.03. The Morgan fingerprint density at radius 2 is 2.08 bits per heavy atom. The number of fused-ring (bicyclic) bond motifs is 1. The SMILES string of the molecule is Cc1ccc(Cl)c(Nc2ncnc3c2cnn3C2CCNCC2)c1. The molecule has 3 aromatic rings. The van der Waals surface area contributed by atoms with Crippen LogP contribution in [0.4, 0.5) is 11.5 Å². The summed E-state index contributed by atoms with van der Waals surface area (Å²) in [7, 11) is 0. The Morgan fingerprint density at radius 3 is 2.92 bits per heavy atom. The van der Waals surface area contributed by atoms with Crippen molar-refractivity contribution < 1.29 is 0 Å². The van der Waals surface area contributed by atoms with E-state index in [1.807, 2.05) is 36.0 Å². The molecule has 4 rings (SSSR count). The highest BCUT2D eigenvalue weighted by Crippen LogP contribution is 2.30. The molecule has 3 heterocycles. The first-order valence-corrected chi connectivity index (χ1v) is 8.52. The number of anilines is 2. The van der Waals surface area contributed by atoms with Crippen LogP contribution in [-0.2, 0) is 0 Å². The molecule has 1 aliphatic heterocycles. The van der Waals surface area contributed by atoms with Gasteiger partial charge in [-0.15, -0.1) is 0 Å². The molecule has 6 nitrogen and oxygen atoms in total. The summed E-state index contributed by atoms with van der Waals surface area (Å²) in [5, 5.41) is 12.9. The topological polar surface area (TPSA) is 67.7 Å². The van der Waals surface area contributed by atoms with E-state index >= 15 is 0 Å². The van der Waals surface area contributed by atoms with Crippen molar-refractivity contribution in [2.45, 2.75) is 25.8 Å². The second-order valence-electron chi connectivity index (χ2n) is 6.14. The Morgan fingerprint density at radius 1 is 1.25 bits per heavy atom. The zero-order valence-electron chi connectivity index (χ0n) is 13.5. The Kier molecular flexibility index (Phi) is 4.08. The normalized spacial score (nSPS) is 15.8. The van der Waals surface area contributed by atoms with Gasteiger partial charge >= 0.3 is 0 Å². The van der Waals surface area contributed by atoms with Gasteiger partial charge in [0.2, 0.25) is 0 Å². The summed E-state index contributed by atoms with van der Waals surface area (Å²) in [5.74, 6) is 0.729. The summed E-state index contributed by atoms with van der Waals surface area (Å²) in [6.45, 7) is 4.06. The molecule has 0 saturated carbocycles. The fourth-order valence-corrected chi connectivity index (χ4v) is 3.31. The lowest BCUT2D eigenvalue weighted by Gasteiger charge is -2.23. The number of nitrogens with zero attached hydrogens (tertiary/aromatic N) is 4. The van der Waals surface area contributed by atoms with Crippen molar-refractivity contribution in [2.75, 3.05) is 18.4 Å². The Hall–Kier alpha value is -2.18. The molecule has 2 N–H and O–H groups in total. The molecule has 24 heavy (non-hydrogen) atoms. The lowest BCUT2D eigenvalue weighted by Crippen LogP contribution is -2.29. The van der Waals surface area contributed by atoms with Crippen molar-refractivity contribution in [3.05, 3.63) is 41.3 Å². The van der Waals surface area contributed by atoms with Gasteiger partial charge in [-0.1, -0.05) is 17.7 Å². The van der Waals surface area contributed by atoms with E-state index in [4.69, 9.17) is 11.6 Å². The lowest BCUT2D eigenvalue weighted by molar-refractivity contribution is 0.349. The molecule has 1 fully saturated rings. The second-order valence-corrected chi connectivity index (χ2v) is 6.55. The van der Waals surface area contributed by atoms with Gasteiger partial charge in [-0.25, -0.2) is 14.6 Å². The fourth-order valence-electron chi connectivity index (χ4n) is 3.14. The highest BCUT2D eigenvalue weighted by molar-refractivity contribution is 6.33. The van der Waals surface area contributed by atoms with Crippen LogP contribution in [0, 0.1) is 6.92 Å². The van der Waals surface area contributed by atoms with Crippen LogP contribution in [0.3, 0.4) is 0 Å². The molecule has 0 amide bonds. The summed E-state index contributed by atoms with van der Waals surface area (Å²) in [6.07, 6.45) is 5.54. The third-order valence-electron chi connectivity index (χ3n) is 4.42. The molecule has 0 atom stereocenters. The number of rotatable bonds is 3. The molecule has 0 bridgehead atoms. The predicted molar refractivity (Wildman–Crippen MR) is 95.9 cm³/mol. The van der Waals surface area contributed by atoms with Gasteiger partial charge in [-0.2, -0.15) is 5.10 Å². The summed E-state index contributed by atoms with van der Waals surface area (Å²) in [6, 6.07) is 6.26. The van der Waals surface area contributed by atoms with E-state index in [0.29, 0.717) is 11.1 Å². The first-order chi connectivity index (χ1) is 11.7. The minimum Gasteiger partial charge on any atom is -0.338 e. The highest BCUT2D eigenvalue weighted by atomic mass is 35.5. The summed E-state index contributed by atoms with van der Waals surface area (Å²) >= 11 is 6.29. The zero-order valence-corrected chi connectivity index (χ0v) is 14.2. The number of aromatic nitrogens is 4. The number of benzene rings is 1. The lowest BCUT2D eigenvalue weighted by atomic mass is 10.1. The van der Waals surface area contributed by atoms with E-state index < -0.39 is 0 Å². The maximum absolute atomic E-state index is 6.29. The van der Waals surface area contributed by atoms with Crippen LogP contribution in [0.5, 0.6) is 0 Å². The number of hydrogen-bond acceptors (Lipinski definition) is 5. The van der Waals surface area contributed by atoms with Crippen molar-refractivity contribution in [3.8, 4) is 0 Å². The minimum absolute atomic E-state index is 0.383. The van der Waals surface area contributed by atoms with E-state index in [-0.39, 0.29) is 0 Å². The van der Waals surface area contributed by atoms with Crippen LogP contribution in [-0.4, -0.2) is 32.8 Å². The van der Waals surface area contributed by atoms with E-state index in [1.54, 1.807) is 6.33 Å². The van der Waals surface area contributed by atoms with Crippen LogP contribution >= 0.6 is 11.6 Å². The van der Waals surface area contributed by atoms with Crippen molar-refractivity contribution in [1.29, 1.82) is 0 Å². The van der Waals surface area contributed by atoms with Gasteiger partial charge < -0.3 is 10.6 Å². The van der Waals surface area contributed by atoms with Crippen LogP contribution in [0.1, 0.15) is 24.4 Å². The number of hydrogen-bond donors (Lipinski definition) is 2. The molecule has 7 heteroatoms. The average molecular weight is 343 g/mol. The number of halogens is 1. The van der Waals surface area contributed by atoms with Crippen molar-refractivity contribution in [3.63, 3.8) is 0 Å². The minimum atomic E-state index is 0.383. The largest absolute Gasteiger partial charge is 0.338 e. The van der Waals surface area contributed by atoms with Gasteiger partial charge in [0.05, 0.1) is 28.3 Å². The maximum atomic E-state index is 6.29.